The van der Waals surface area contributed by atoms with E-state index in [4.69, 9.17) is 9.47 Å². The maximum Gasteiger partial charge on any atom is 0.231 e. The molecule has 0 aliphatic carbocycles. The first-order chi connectivity index (χ1) is 10.3. The van der Waals surface area contributed by atoms with Crippen LogP contribution in [0.2, 0.25) is 0 Å². The molecular weight excluding hydrogens is 266 g/mol. The van der Waals surface area contributed by atoms with Gasteiger partial charge in [-0.3, -0.25) is 4.79 Å². The van der Waals surface area contributed by atoms with Gasteiger partial charge < -0.3 is 9.47 Å². The average molecular weight is 287 g/mol. The second kappa shape index (κ2) is 7.68. The fraction of sp³-hybridized carbons (Fsp3) is 0.529. The molecule has 0 saturated heterocycles. The number of unbranched alkanes of at least 4 members (excludes halogenated alkanes) is 4. The monoisotopic (exact) mass is 287 g/mol. The second-order valence-corrected chi connectivity index (χ2v) is 5.31. The molecular formula is C17H21NO3. The number of rotatable bonds is 8. The molecule has 0 N–H and O–H groups in total. The normalized spacial score (nSPS) is 13.7. The van der Waals surface area contributed by atoms with Crippen molar-refractivity contribution < 1.29 is 14.3 Å². The van der Waals surface area contributed by atoms with E-state index in [9.17, 15) is 10.1 Å². The molecule has 2 rings (SSSR count). The van der Waals surface area contributed by atoms with Crippen LogP contribution in [0.4, 0.5) is 0 Å². The quantitative estimate of drug-likeness (QED) is 0.679. The molecule has 0 aromatic heterocycles. The van der Waals surface area contributed by atoms with Crippen molar-refractivity contribution in [1.82, 2.24) is 0 Å². The summed E-state index contributed by atoms with van der Waals surface area (Å²) in [5.41, 5.74) is 0.695. The van der Waals surface area contributed by atoms with Gasteiger partial charge in [0, 0.05) is 6.42 Å². The van der Waals surface area contributed by atoms with Crippen LogP contribution in [-0.4, -0.2) is 12.6 Å². The summed E-state index contributed by atoms with van der Waals surface area (Å²) in [5.74, 6) is 0.574. The molecule has 21 heavy (non-hydrogen) atoms. The number of hydrogen-bond acceptors (Lipinski definition) is 4. The van der Waals surface area contributed by atoms with Crippen LogP contribution in [-0.2, 0) is 4.79 Å². The highest BCUT2D eigenvalue weighted by Gasteiger charge is 2.22. The first-order valence-corrected chi connectivity index (χ1v) is 7.58. The standard InChI is InChI=1S/C17H21NO3/c1-2-3-4-5-6-7-15(19)14(11-18)13-8-9-16-17(10-13)21-12-20-16/h8-10,14H,2-7,12H2,1H3. The molecule has 0 bridgehead atoms. The van der Waals surface area contributed by atoms with E-state index in [0.29, 0.717) is 23.5 Å². The highest BCUT2D eigenvalue weighted by molar-refractivity contribution is 5.88. The lowest BCUT2D eigenvalue weighted by molar-refractivity contribution is -0.119. The lowest BCUT2D eigenvalue weighted by Crippen LogP contribution is -2.10. The zero-order valence-corrected chi connectivity index (χ0v) is 12.4. The Morgan fingerprint density at radius 2 is 2.00 bits per heavy atom. The number of benzene rings is 1. The third-order valence-corrected chi connectivity index (χ3v) is 3.71. The molecule has 1 aliphatic rings. The van der Waals surface area contributed by atoms with E-state index in [2.05, 4.69) is 13.0 Å². The maximum atomic E-state index is 12.2. The molecule has 0 fully saturated rings. The van der Waals surface area contributed by atoms with E-state index in [-0.39, 0.29) is 12.6 Å². The number of nitriles is 1. The topological polar surface area (TPSA) is 59.3 Å². The van der Waals surface area contributed by atoms with Crippen molar-refractivity contribution in [1.29, 1.82) is 5.26 Å². The number of ether oxygens (including phenoxy) is 2. The van der Waals surface area contributed by atoms with Gasteiger partial charge in [-0.05, 0) is 24.1 Å². The van der Waals surface area contributed by atoms with Crippen LogP contribution in [0.5, 0.6) is 11.5 Å². The van der Waals surface area contributed by atoms with Crippen LogP contribution in [0, 0.1) is 11.3 Å². The molecule has 1 aromatic carbocycles. The van der Waals surface area contributed by atoms with Gasteiger partial charge in [0.15, 0.2) is 17.3 Å². The minimum Gasteiger partial charge on any atom is -0.454 e. The van der Waals surface area contributed by atoms with E-state index >= 15 is 0 Å². The van der Waals surface area contributed by atoms with Crippen molar-refractivity contribution in [3.63, 3.8) is 0 Å². The summed E-state index contributed by atoms with van der Waals surface area (Å²) >= 11 is 0. The van der Waals surface area contributed by atoms with Gasteiger partial charge in [0.25, 0.3) is 0 Å². The summed E-state index contributed by atoms with van der Waals surface area (Å²) in [4.78, 5) is 12.2. The van der Waals surface area contributed by atoms with Gasteiger partial charge in [-0.2, -0.15) is 5.26 Å². The summed E-state index contributed by atoms with van der Waals surface area (Å²) in [6.45, 7) is 2.36. The number of carbonyl (C=O) groups is 1. The van der Waals surface area contributed by atoms with Gasteiger partial charge in [0.2, 0.25) is 6.79 Å². The minimum atomic E-state index is -0.703. The Morgan fingerprint density at radius 3 is 2.76 bits per heavy atom. The van der Waals surface area contributed by atoms with E-state index in [0.717, 1.165) is 19.3 Å². The summed E-state index contributed by atoms with van der Waals surface area (Å²) in [5, 5.41) is 9.30. The number of nitrogens with zero attached hydrogens (tertiary/aromatic N) is 1. The molecule has 4 nitrogen and oxygen atoms in total. The molecule has 0 spiro atoms. The molecule has 1 unspecified atom stereocenters. The van der Waals surface area contributed by atoms with Crippen LogP contribution in [0.3, 0.4) is 0 Å². The minimum absolute atomic E-state index is 0.00661. The van der Waals surface area contributed by atoms with Gasteiger partial charge in [0.1, 0.15) is 5.92 Å². The first kappa shape index (κ1) is 15.4. The van der Waals surface area contributed by atoms with Crippen LogP contribution < -0.4 is 9.47 Å². The van der Waals surface area contributed by atoms with Crippen molar-refractivity contribution in [3.8, 4) is 17.6 Å². The van der Waals surface area contributed by atoms with Crippen molar-refractivity contribution in [3.05, 3.63) is 23.8 Å². The Bertz CT molecular complexity index is 533. The molecule has 0 amide bonds. The zero-order chi connectivity index (χ0) is 15.1. The number of ketones is 1. The largest absolute Gasteiger partial charge is 0.454 e. The van der Waals surface area contributed by atoms with Crippen molar-refractivity contribution in [2.45, 2.75) is 51.4 Å². The highest BCUT2D eigenvalue weighted by atomic mass is 16.7. The van der Waals surface area contributed by atoms with E-state index in [1.807, 2.05) is 0 Å². The van der Waals surface area contributed by atoms with Gasteiger partial charge in [0.05, 0.1) is 6.07 Å². The molecule has 1 aromatic rings. The average Bonchev–Trinajstić information content (AvgIpc) is 2.95. The lowest BCUT2D eigenvalue weighted by Gasteiger charge is -2.09. The Hall–Kier alpha value is -2.02. The number of hydrogen-bond donors (Lipinski definition) is 0. The summed E-state index contributed by atoms with van der Waals surface area (Å²) in [7, 11) is 0. The molecule has 1 atom stereocenters. The van der Waals surface area contributed by atoms with Crippen LogP contribution in [0.1, 0.15) is 56.9 Å². The van der Waals surface area contributed by atoms with Crippen molar-refractivity contribution in [2.24, 2.45) is 0 Å². The number of Topliss-reactive ketones (excluding diaryl/α,β-unsaturated/α-hetero) is 1. The molecule has 4 heteroatoms. The van der Waals surface area contributed by atoms with Gasteiger partial charge in [-0.15, -0.1) is 0 Å². The summed E-state index contributed by atoms with van der Waals surface area (Å²) in [6, 6.07) is 7.39. The maximum absolute atomic E-state index is 12.2. The lowest BCUT2D eigenvalue weighted by atomic mass is 9.92. The molecule has 1 aliphatic heterocycles. The molecule has 0 radical (unpaired) electrons. The number of fused-ring (bicyclic) bond motifs is 1. The Kier molecular flexibility index (Phi) is 5.62. The predicted molar refractivity (Wildman–Crippen MR) is 79.3 cm³/mol. The van der Waals surface area contributed by atoms with E-state index in [1.165, 1.54) is 12.8 Å². The van der Waals surface area contributed by atoms with Gasteiger partial charge in [-0.25, -0.2) is 0 Å². The second-order valence-electron chi connectivity index (χ2n) is 5.31. The van der Waals surface area contributed by atoms with E-state index in [1.54, 1.807) is 18.2 Å². The fourth-order valence-corrected chi connectivity index (χ4v) is 2.47. The van der Waals surface area contributed by atoms with Crippen molar-refractivity contribution in [2.75, 3.05) is 6.79 Å². The smallest absolute Gasteiger partial charge is 0.231 e. The third-order valence-electron chi connectivity index (χ3n) is 3.71. The summed E-state index contributed by atoms with van der Waals surface area (Å²) in [6.07, 6.45) is 5.94. The Labute approximate surface area is 125 Å². The van der Waals surface area contributed by atoms with Crippen LogP contribution >= 0.6 is 0 Å². The fourth-order valence-electron chi connectivity index (χ4n) is 2.47. The molecule has 0 saturated carbocycles. The Balaban J connectivity index is 1.93. The summed E-state index contributed by atoms with van der Waals surface area (Å²) < 4.78 is 10.5. The van der Waals surface area contributed by atoms with Gasteiger partial charge >= 0.3 is 0 Å². The van der Waals surface area contributed by atoms with Crippen LogP contribution in [0.15, 0.2) is 18.2 Å². The number of carbonyl (C=O) groups excluding carboxylic acids is 1. The first-order valence-electron chi connectivity index (χ1n) is 7.58. The van der Waals surface area contributed by atoms with E-state index < -0.39 is 5.92 Å². The zero-order valence-electron chi connectivity index (χ0n) is 12.4. The predicted octanol–water partition coefficient (Wildman–Crippen LogP) is 3.95. The SMILES string of the molecule is CCCCCCCC(=O)C(C#N)c1ccc2c(c1)OCO2. The molecule has 1 heterocycles. The van der Waals surface area contributed by atoms with Crippen molar-refractivity contribution >= 4 is 5.78 Å². The third kappa shape index (κ3) is 3.98. The van der Waals surface area contributed by atoms with Gasteiger partial charge in [-0.1, -0.05) is 38.7 Å². The van der Waals surface area contributed by atoms with Crippen LogP contribution in [0.25, 0.3) is 0 Å². The molecule has 112 valence electrons. The highest BCUT2D eigenvalue weighted by Crippen LogP contribution is 2.35. The Morgan fingerprint density at radius 1 is 1.24 bits per heavy atom.